The van der Waals surface area contributed by atoms with E-state index in [1.54, 1.807) is 0 Å². The van der Waals surface area contributed by atoms with E-state index < -0.39 is 0 Å². The molecule has 0 radical (unpaired) electrons. The van der Waals surface area contributed by atoms with Gasteiger partial charge < -0.3 is 0 Å². The van der Waals surface area contributed by atoms with Crippen LogP contribution in [-0.2, 0) is 12.5 Å². The second-order valence-corrected chi connectivity index (χ2v) is 4.19. The molecule has 12 heavy (non-hydrogen) atoms. The van der Waals surface area contributed by atoms with Crippen LogP contribution in [0.15, 0.2) is 0 Å². The number of hydrogen-bond donors (Lipinski definition) is 0. The highest BCUT2D eigenvalue weighted by atomic mass is 35.5. The van der Waals surface area contributed by atoms with E-state index in [4.69, 9.17) is 11.6 Å². The maximum absolute atomic E-state index is 13.3. The van der Waals surface area contributed by atoms with Crippen molar-refractivity contribution in [3.8, 4) is 0 Å². The molecule has 0 aliphatic carbocycles. The number of nitrogens with zero attached hydrogens (tertiary/aromatic N) is 2. The molecule has 0 saturated carbocycles. The first-order valence-electron chi connectivity index (χ1n) is 3.72. The standard InChI is InChI=1S/C8H12ClFN2/c1-8(2,3)5-6(9)11-12(4)7(5)10/h1-4H3. The third-order valence-corrected chi connectivity index (χ3v) is 1.95. The van der Waals surface area contributed by atoms with Crippen molar-refractivity contribution in [2.45, 2.75) is 26.2 Å². The Labute approximate surface area is 76.3 Å². The van der Waals surface area contributed by atoms with Crippen molar-refractivity contribution in [1.82, 2.24) is 9.78 Å². The number of rotatable bonds is 0. The molecule has 0 bridgehead atoms. The average molecular weight is 191 g/mol. The summed E-state index contributed by atoms with van der Waals surface area (Å²) in [6.07, 6.45) is 0. The van der Waals surface area contributed by atoms with Gasteiger partial charge >= 0.3 is 0 Å². The lowest BCUT2D eigenvalue weighted by Crippen LogP contribution is -2.13. The predicted octanol–water partition coefficient (Wildman–Crippen LogP) is 2.51. The molecule has 0 amide bonds. The Morgan fingerprint density at radius 2 is 1.92 bits per heavy atom. The Balaban J connectivity index is 3.32. The maximum atomic E-state index is 13.3. The van der Waals surface area contributed by atoms with Crippen LogP contribution in [0.4, 0.5) is 4.39 Å². The molecule has 0 aromatic carbocycles. The SMILES string of the molecule is Cn1nc(Cl)c(C(C)(C)C)c1F. The summed E-state index contributed by atoms with van der Waals surface area (Å²) < 4.78 is 14.5. The van der Waals surface area contributed by atoms with Gasteiger partial charge in [0.1, 0.15) is 0 Å². The molecule has 0 fully saturated rings. The molecule has 1 aromatic heterocycles. The summed E-state index contributed by atoms with van der Waals surface area (Å²) in [7, 11) is 1.54. The first kappa shape index (κ1) is 9.52. The molecule has 4 heteroatoms. The lowest BCUT2D eigenvalue weighted by atomic mass is 9.89. The Morgan fingerprint density at radius 1 is 1.42 bits per heavy atom. The normalized spacial score (nSPS) is 12.2. The fourth-order valence-corrected chi connectivity index (χ4v) is 1.57. The molecule has 0 atom stereocenters. The summed E-state index contributed by atoms with van der Waals surface area (Å²) in [4.78, 5) is 0. The van der Waals surface area contributed by atoms with Crippen molar-refractivity contribution in [3.63, 3.8) is 0 Å². The minimum Gasteiger partial charge on any atom is -0.241 e. The number of aromatic nitrogens is 2. The largest absolute Gasteiger partial charge is 0.241 e. The van der Waals surface area contributed by atoms with Crippen molar-refractivity contribution in [1.29, 1.82) is 0 Å². The highest BCUT2D eigenvalue weighted by molar-refractivity contribution is 6.30. The van der Waals surface area contributed by atoms with Gasteiger partial charge in [0, 0.05) is 7.05 Å². The Bertz CT molecular complexity index is 299. The molecule has 0 aliphatic heterocycles. The van der Waals surface area contributed by atoms with E-state index >= 15 is 0 Å². The number of aryl methyl sites for hydroxylation is 1. The summed E-state index contributed by atoms with van der Waals surface area (Å²) in [6.45, 7) is 5.71. The van der Waals surface area contributed by atoms with Crippen LogP contribution in [0.5, 0.6) is 0 Å². The maximum Gasteiger partial charge on any atom is 0.216 e. The Hall–Kier alpha value is -0.570. The van der Waals surface area contributed by atoms with Gasteiger partial charge in [-0.1, -0.05) is 32.4 Å². The van der Waals surface area contributed by atoms with Crippen LogP contribution in [0.1, 0.15) is 26.3 Å². The van der Waals surface area contributed by atoms with E-state index in [0.717, 1.165) is 4.68 Å². The highest BCUT2D eigenvalue weighted by Gasteiger charge is 2.26. The molecule has 1 heterocycles. The zero-order valence-electron chi connectivity index (χ0n) is 7.65. The summed E-state index contributed by atoms with van der Waals surface area (Å²) in [6, 6.07) is 0. The summed E-state index contributed by atoms with van der Waals surface area (Å²) in [5.74, 6) is -0.354. The molecule has 0 unspecified atom stereocenters. The van der Waals surface area contributed by atoms with E-state index in [1.807, 2.05) is 20.8 Å². The third kappa shape index (κ3) is 1.46. The molecule has 2 nitrogen and oxygen atoms in total. The first-order valence-corrected chi connectivity index (χ1v) is 4.10. The first-order chi connectivity index (χ1) is 5.34. The second kappa shape index (κ2) is 2.73. The predicted molar refractivity (Wildman–Crippen MR) is 46.9 cm³/mol. The lowest BCUT2D eigenvalue weighted by molar-refractivity contribution is 0.464. The fraction of sp³-hybridized carbons (Fsp3) is 0.625. The van der Waals surface area contributed by atoms with Gasteiger partial charge in [-0.15, -0.1) is 0 Å². The van der Waals surface area contributed by atoms with Crippen LogP contribution < -0.4 is 0 Å². The van der Waals surface area contributed by atoms with Crippen LogP contribution in [0, 0.1) is 5.95 Å². The van der Waals surface area contributed by atoms with E-state index in [0.29, 0.717) is 5.56 Å². The van der Waals surface area contributed by atoms with Crippen molar-refractivity contribution in [3.05, 3.63) is 16.7 Å². The van der Waals surface area contributed by atoms with Crippen molar-refractivity contribution >= 4 is 11.6 Å². The number of hydrogen-bond acceptors (Lipinski definition) is 1. The van der Waals surface area contributed by atoms with Crippen LogP contribution in [0.25, 0.3) is 0 Å². The number of halogens is 2. The Morgan fingerprint density at radius 3 is 2.08 bits per heavy atom. The topological polar surface area (TPSA) is 17.8 Å². The van der Waals surface area contributed by atoms with Crippen LogP contribution in [-0.4, -0.2) is 9.78 Å². The molecule has 68 valence electrons. The lowest BCUT2D eigenvalue weighted by Gasteiger charge is -2.16. The molecule has 1 aromatic rings. The Kier molecular flexibility index (Phi) is 2.17. The smallest absolute Gasteiger partial charge is 0.216 e. The minimum atomic E-state index is -0.354. The zero-order valence-corrected chi connectivity index (χ0v) is 8.41. The second-order valence-electron chi connectivity index (χ2n) is 3.83. The monoisotopic (exact) mass is 190 g/mol. The molecule has 0 saturated heterocycles. The minimum absolute atomic E-state index is 0.252. The van der Waals surface area contributed by atoms with Gasteiger partial charge in [-0.2, -0.15) is 9.49 Å². The van der Waals surface area contributed by atoms with E-state index in [-0.39, 0.29) is 16.5 Å². The van der Waals surface area contributed by atoms with Gasteiger partial charge in [0.25, 0.3) is 0 Å². The van der Waals surface area contributed by atoms with Crippen LogP contribution >= 0.6 is 11.6 Å². The van der Waals surface area contributed by atoms with Gasteiger partial charge in [0.15, 0.2) is 5.15 Å². The van der Waals surface area contributed by atoms with E-state index in [1.165, 1.54) is 7.05 Å². The summed E-state index contributed by atoms with van der Waals surface area (Å²) >= 11 is 5.76. The third-order valence-electron chi connectivity index (χ3n) is 1.68. The molecule has 0 spiro atoms. The fourth-order valence-electron chi connectivity index (χ4n) is 1.09. The van der Waals surface area contributed by atoms with E-state index in [2.05, 4.69) is 5.10 Å². The van der Waals surface area contributed by atoms with Gasteiger partial charge in [-0.25, -0.2) is 4.68 Å². The van der Waals surface area contributed by atoms with Crippen molar-refractivity contribution in [2.75, 3.05) is 0 Å². The van der Waals surface area contributed by atoms with Gasteiger partial charge in [0.2, 0.25) is 5.95 Å². The average Bonchev–Trinajstić information content (AvgIpc) is 2.05. The quantitative estimate of drug-likeness (QED) is 0.615. The van der Waals surface area contributed by atoms with Gasteiger partial charge in [-0.3, -0.25) is 0 Å². The summed E-state index contributed by atoms with van der Waals surface area (Å²) in [5.41, 5.74) is 0.182. The molecular weight excluding hydrogens is 179 g/mol. The zero-order chi connectivity index (χ0) is 9.52. The van der Waals surface area contributed by atoms with Gasteiger partial charge in [-0.05, 0) is 5.41 Å². The van der Waals surface area contributed by atoms with Gasteiger partial charge in [0.05, 0.1) is 5.56 Å². The van der Waals surface area contributed by atoms with Crippen molar-refractivity contribution in [2.24, 2.45) is 7.05 Å². The summed E-state index contributed by atoms with van der Waals surface area (Å²) in [5, 5.41) is 4.04. The van der Waals surface area contributed by atoms with E-state index in [9.17, 15) is 4.39 Å². The molecule has 1 rings (SSSR count). The molecular formula is C8H12ClFN2. The molecule has 0 aliphatic rings. The van der Waals surface area contributed by atoms with Crippen LogP contribution in [0.2, 0.25) is 5.15 Å². The molecule has 0 N–H and O–H groups in total. The van der Waals surface area contributed by atoms with Crippen molar-refractivity contribution < 1.29 is 4.39 Å². The van der Waals surface area contributed by atoms with Crippen LogP contribution in [0.3, 0.4) is 0 Å². The highest BCUT2D eigenvalue weighted by Crippen LogP contribution is 2.30.